The first-order valence-electron chi connectivity index (χ1n) is 7.94. The molecule has 138 valence electrons. The number of thioether (sulfide) groups is 1. The Bertz CT molecular complexity index is 812. The third kappa shape index (κ3) is 4.08. The highest BCUT2D eigenvalue weighted by Crippen LogP contribution is 2.38. The SMILES string of the molecule is COc1ccc(SCCC(=O)Nc2cc3c(cc2N)OCO3)cc1OC. The minimum absolute atomic E-state index is 0.122. The van der Waals surface area contributed by atoms with Gasteiger partial charge in [-0.2, -0.15) is 0 Å². The smallest absolute Gasteiger partial charge is 0.231 e. The number of rotatable bonds is 7. The number of carbonyl (C=O) groups is 1. The number of hydrogen-bond acceptors (Lipinski definition) is 7. The number of carbonyl (C=O) groups excluding carboxylic acids is 1. The number of nitrogens with one attached hydrogen (secondary N) is 1. The summed E-state index contributed by atoms with van der Waals surface area (Å²) < 4.78 is 21.0. The predicted octanol–water partition coefficient (Wildman–Crippen LogP) is 3.14. The normalized spacial score (nSPS) is 11.9. The number of fused-ring (bicyclic) bond motifs is 1. The van der Waals surface area contributed by atoms with Crippen molar-refractivity contribution >= 4 is 29.0 Å². The van der Waals surface area contributed by atoms with Gasteiger partial charge in [-0.25, -0.2) is 0 Å². The maximum Gasteiger partial charge on any atom is 0.231 e. The molecule has 8 heteroatoms. The zero-order chi connectivity index (χ0) is 18.5. The number of hydrogen-bond donors (Lipinski definition) is 2. The second kappa shape index (κ2) is 8.09. The summed E-state index contributed by atoms with van der Waals surface area (Å²) in [6, 6.07) is 8.99. The number of benzene rings is 2. The quantitative estimate of drug-likeness (QED) is 0.566. The van der Waals surface area contributed by atoms with Gasteiger partial charge < -0.3 is 30.0 Å². The molecule has 2 aromatic rings. The molecule has 0 atom stereocenters. The molecule has 1 amide bonds. The second-order valence-corrected chi connectivity index (χ2v) is 6.62. The fourth-order valence-corrected chi connectivity index (χ4v) is 3.32. The van der Waals surface area contributed by atoms with Crippen molar-refractivity contribution in [3.05, 3.63) is 30.3 Å². The van der Waals surface area contributed by atoms with Gasteiger partial charge in [0.1, 0.15) is 0 Å². The van der Waals surface area contributed by atoms with E-state index in [-0.39, 0.29) is 12.7 Å². The Labute approximate surface area is 155 Å². The number of nitrogens with two attached hydrogens (primary N) is 1. The summed E-state index contributed by atoms with van der Waals surface area (Å²) in [6.07, 6.45) is 0.340. The van der Waals surface area contributed by atoms with Crippen LogP contribution in [0.4, 0.5) is 11.4 Å². The van der Waals surface area contributed by atoms with Crippen molar-refractivity contribution in [1.82, 2.24) is 0 Å². The van der Waals surface area contributed by atoms with E-state index in [1.54, 1.807) is 38.1 Å². The summed E-state index contributed by atoms with van der Waals surface area (Å²) in [6.45, 7) is 0.161. The minimum Gasteiger partial charge on any atom is -0.493 e. The first-order valence-corrected chi connectivity index (χ1v) is 8.93. The van der Waals surface area contributed by atoms with E-state index in [9.17, 15) is 4.79 Å². The van der Waals surface area contributed by atoms with Gasteiger partial charge in [-0.15, -0.1) is 11.8 Å². The number of ether oxygens (including phenoxy) is 4. The molecule has 3 rings (SSSR count). The average molecular weight is 376 g/mol. The molecule has 7 nitrogen and oxygen atoms in total. The molecule has 0 fully saturated rings. The van der Waals surface area contributed by atoms with Gasteiger partial charge in [0, 0.05) is 29.2 Å². The molecule has 0 aliphatic carbocycles. The average Bonchev–Trinajstić information content (AvgIpc) is 3.08. The van der Waals surface area contributed by atoms with Crippen LogP contribution in [-0.4, -0.2) is 32.7 Å². The van der Waals surface area contributed by atoms with Crippen LogP contribution in [-0.2, 0) is 4.79 Å². The van der Waals surface area contributed by atoms with Crippen LogP contribution < -0.4 is 30.0 Å². The Morgan fingerprint density at radius 3 is 2.62 bits per heavy atom. The van der Waals surface area contributed by atoms with E-state index in [1.807, 2.05) is 18.2 Å². The lowest BCUT2D eigenvalue weighted by atomic mass is 10.2. The van der Waals surface area contributed by atoms with E-state index >= 15 is 0 Å². The molecular weight excluding hydrogens is 356 g/mol. The molecule has 26 heavy (non-hydrogen) atoms. The van der Waals surface area contributed by atoms with Crippen LogP contribution in [0.5, 0.6) is 23.0 Å². The summed E-state index contributed by atoms with van der Waals surface area (Å²) in [5, 5.41) is 2.81. The van der Waals surface area contributed by atoms with Gasteiger partial charge in [-0.1, -0.05) is 0 Å². The Hall–Kier alpha value is -2.74. The Morgan fingerprint density at radius 1 is 1.15 bits per heavy atom. The van der Waals surface area contributed by atoms with Crippen LogP contribution in [0.3, 0.4) is 0 Å². The van der Waals surface area contributed by atoms with Crippen LogP contribution in [0.1, 0.15) is 6.42 Å². The van der Waals surface area contributed by atoms with Crippen molar-refractivity contribution in [2.75, 3.05) is 37.8 Å². The van der Waals surface area contributed by atoms with Crippen LogP contribution >= 0.6 is 11.8 Å². The summed E-state index contributed by atoms with van der Waals surface area (Å²) >= 11 is 1.56. The Morgan fingerprint density at radius 2 is 1.88 bits per heavy atom. The molecule has 1 aliphatic rings. The third-order valence-electron chi connectivity index (χ3n) is 3.77. The summed E-state index contributed by atoms with van der Waals surface area (Å²) in [7, 11) is 3.19. The lowest BCUT2D eigenvalue weighted by Crippen LogP contribution is -2.13. The molecule has 0 unspecified atom stereocenters. The molecule has 1 heterocycles. The van der Waals surface area contributed by atoms with E-state index in [2.05, 4.69) is 5.32 Å². The van der Waals surface area contributed by atoms with Crippen LogP contribution in [0.2, 0.25) is 0 Å². The van der Waals surface area contributed by atoms with Gasteiger partial charge >= 0.3 is 0 Å². The van der Waals surface area contributed by atoms with Gasteiger partial charge in [0.25, 0.3) is 0 Å². The lowest BCUT2D eigenvalue weighted by Gasteiger charge is -2.10. The summed E-state index contributed by atoms with van der Waals surface area (Å²) in [5.74, 6) is 3.00. The number of amides is 1. The monoisotopic (exact) mass is 376 g/mol. The van der Waals surface area contributed by atoms with Crippen molar-refractivity contribution in [3.63, 3.8) is 0 Å². The Kier molecular flexibility index (Phi) is 5.62. The highest BCUT2D eigenvalue weighted by atomic mass is 32.2. The number of methoxy groups -OCH3 is 2. The minimum atomic E-state index is -0.122. The zero-order valence-corrected chi connectivity index (χ0v) is 15.4. The van der Waals surface area contributed by atoms with Gasteiger partial charge in [-0.3, -0.25) is 4.79 Å². The largest absolute Gasteiger partial charge is 0.493 e. The number of anilines is 2. The van der Waals surface area contributed by atoms with Gasteiger partial charge in [-0.05, 0) is 18.2 Å². The topological polar surface area (TPSA) is 92.0 Å². The highest BCUT2D eigenvalue weighted by Gasteiger charge is 2.17. The standard InChI is InChI=1S/C18H20N2O5S/c1-22-14-4-3-11(7-15(14)23-2)26-6-5-18(21)20-13-9-17-16(8-12(13)19)24-10-25-17/h3-4,7-9H,5-6,10,19H2,1-2H3,(H,20,21). The molecule has 0 spiro atoms. The predicted molar refractivity (Wildman–Crippen MR) is 100 cm³/mol. The van der Waals surface area contributed by atoms with Crippen molar-refractivity contribution in [3.8, 4) is 23.0 Å². The van der Waals surface area contributed by atoms with E-state index in [4.69, 9.17) is 24.7 Å². The molecule has 0 saturated carbocycles. The molecule has 0 saturated heterocycles. The highest BCUT2D eigenvalue weighted by molar-refractivity contribution is 7.99. The fourth-order valence-electron chi connectivity index (χ4n) is 2.45. The molecule has 0 bridgehead atoms. The van der Waals surface area contributed by atoms with Gasteiger partial charge in [0.2, 0.25) is 12.7 Å². The van der Waals surface area contributed by atoms with Crippen molar-refractivity contribution < 1.29 is 23.7 Å². The first-order chi connectivity index (χ1) is 12.6. The van der Waals surface area contributed by atoms with E-state index in [1.165, 1.54) is 0 Å². The van der Waals surface area contributed by atoms with Crippen molar-refractivity contribution in [2.45, 2.75) is 11.3 Å². The fraction of sp³-hybridized carbons (Fsp3) is 0.278. The maximum absolute atomic E-state index is 12.2. The van der Waals surface area contributed by atoms with Gasteiger partial charge in [0.15, 0.2) is 23.0 Å². The molecule has 3 N–H and O–H groups in total. The Balaban J connectivity index is 1.53. The number of nitrogen functional groups attached to an aromatic ring is 1. The first kappa shape index (κ1) is 18.1. The van der Waals surface area contributed by atoms with Crippen molar-refractivity contribution in [2.24, 2.45) is 0 Å². The lowest BCUT2D eigenvalue weighted by molar-refractivity contribution is -0.115. The summed E-state index contributed by atoms with van der Waals surface area (Å²) in [4.78, 5) is 13.2. The van der Waals surface area contributed by atoms with Crippen LogP contribution in [0.25, 0.3) is 0 Å². The zero-order valence-electron chi connectivity index (χ0n) is 14.5. The molecule has 1 aliphatic heterocycles. The molecular formula is C18H20N2O5S. The van der Waals surface area contributed by atoms with Gasteiger partial charge in [0.05, 0.1) is 25.6 Å². The third-order valence-corrected chi connectivity index (χ3v) is 4.77. The van der Waals surface area contributed by atoms with E-state index in [0.717, 1.165) is 4.90 Å². The molecule has 0 aromatic heterocycles. The molecule has 2 aromatic carbocycles. The van der Waals surface area contributed by atoms with Crippen molar-refractivity contribution in [1.29, 1.82) is 0 Å². The second-order valence-electron chi connectivity index (χ2n) is 5.46. The van der Waals surface area contributed by atoms with Crippen LogP contribution in [0, 0.1) is 0 Å². The van der Waals surface area contributed by atoms with E-state index < -0.39 is 0 Å². The maximum atomic E-state index is 12.2. The molecule has 0 radical (unpaired) electrons. The van der Waals surface area contributed by atoms with E-state index in [0.29, 0.717) is 46.5 Å². The van der Waals surface area contributed by atoms with Crippen LogP contribution in [0.15, 0.2) is 35.2 Å². The summed E-state index contributed by atoms with van der Waals surface area (Å²) in [5.41, 5.74) is 6.90.